The number of unbranched alkanes of at least 4 members (excludes halogenated alkanes) is 54. The van der Waals surface area contributed by atoms with E-state index in [1.807, 2.05) is 0 Å². The first kappa shape index (κ1) is 67.0. The molecule has 0 saturated carbocycles. The molecule has 0 aromatic heterocycles. The summed E-state index contributed by atoms with van der Waals surface area (Å²) in [4.78, 5) is 0. The van der Waals surface area contributed by atoms with Crippen LogP contribution in [0.3, 0.4) is 0 Å². The van der Waals surface area contributed by atoms with E-state index in [0.717, 1.165) is 25.0 Å². The van der Waals surface area contributed by atoms with Crippen molar-refractivity contribution >= 4 is 0 Å². The van der Waals surface area contributed by atoms with Gasteiger partial charge >= 0.3 is 0 Å². The molecule has 0 aromatic carbocycles. The molecule has 0 aliphatic carbocycles. The summed E-state index contributed by atoms with van der Waals surface area (Å²) < 4.78 is 6.18. The first-order chi connectivity index (χ1) is 33.2. The van der Waals surface area contributed by atoms with Gasteiger partial charge in [-0.2, -0.15) is 0 Å². The van der Waals surface area contributed by atoms with Crippen LogP contribution in [0.4, 0.5) is 0 Å². The second-order valence-electron chi connectivity index (χ2n) is 23.4. The molecule has 0 aliphatic heterocycles. The standard InChI is InChI=1S/C66H134O/c1-5-7-9-11-13-15-17-19-21-23-25-27-29-31-33-35-37-39-41-43-45-47-49-51-53-55-57-59-61-65(3)63-67-64-66(4)62-60-58-56-54-52-50-48-46-44-42-40-38-36-34-32-30-28-26-24-22-20-18-16-14-12-10-8-6-2/h65-66H,5-64H2,1-4H3. The second-order valence-corrected chi connectivity index (χ2v) is 23.4. The first-order valence-corrected chi connectivity index (χ1v) is 32.8. The van der Waals surface area contributed by atoms with Crippen molar-refractivity contribution < 1.29 is 4.74 Å². The molecule has 404 valence electrons. The van der Waals surface area contributed by atoms with Crippen molar-refractivity contribution in [1.29, 1.82) is 0 Å². The van der Waals surface area contributed by atoms with Crippen molar-refractivity contribution in [1.82, 2.24) is 0 Å². The summed E-state index contributed by atoms with van der Waals surface area (Å²) in [6, 6.07) is 0. The summed E-state index contributed by atoms with van der Waals surface area (Å²) in [5, 5.41) is 0. The summed E-state index contributed by atoms with van der Waals surface area (Å²) in [7, 11) is 0. The Morgan fingerprint density at radius 2 is 0.299 bits per heavy atom. The highest BCUT2D eigenvalue weighted by Gasteiger charge is 2.07. The maximum Gasteiger partial charge on any atom is 0.0491 e. The van der Waals surface area contributed by atoms with Gasteiger partial charge in [-0.05, 0) is 24.7 Å². The predicted octanol–water partition coefficient (Wildman–Crippen LogP) is 24.9. The molecule has 0 heterocycles. The minimum absolute atomic E-state index is 0.727. The van der Waals surface area contributed by atoms with Crippen molar-refractivity contribution in [2.24, 2.45) is 11.8 Å². The third kappa shape index (κ3) is 62.0. The summed E-state index contributed by atoms with van der Waals surface area (Å²) in [6.07, 6.45) is 85.1. The van der Waals surface area contributed by atoms with E-state index in [1.54, 1.807) is 0 Å². The van der Waals surface area contributed by atoms with E-state index in [1.165, 1.54) is 372 Å². The summed E-state index contributed by atoms with van der Waals surface area (Å²) in [6.45, 7) is 11.4. The average Bonchev–Trinajstić information content (AvgIpc) is 3.33. The maximum absolute atomic E-state index is 6.18. The van der Waals surface area contributed by atoms with Gasteiger partial charge in [-0.15, -0.1) is 0 Å². The van der Waals surface area contributed by atoms with Gasteiger partial charge in [0.2, 0.25) is 0 Å². The minimum Gasteiger partial charge on any atom is -0.381 e. The lowest BCUT2D eigenvalue weighted by atomic mass is 10.0. The molecular weight excluding hydrogens is 809 g/mol. The van der Waals surface area contributed by atoms with Gasteiger partial charge in [0, 0.05) is 13.2 Å². The fourth-order valence-electron chi connectivity index (χ4n) is 11.0. The minimum atomic E-state index is 0.727. The largest absolute Gasteiger partial charge is 0.381 e. The number of hydrogen-bond donors (Lipinski definition) is 0. The Morgan fingerprint density at radius 1 is 0.179 bits per heavy atom. The Bertz CT molecular complexity index is 754. The van der Waals surface area contributed by atoms with E-state index in [-0.39, 0.29) is 0 Å². The lowest BCUT2D eigenvalue weighted by Crippen LogP contribution is -2.11. The zero-order valence-electron chi connectivity index (χ0n) is 48.0. The highest BCUT2D eigenvalue weighted by atomic mass is 16.5. The van der Waals surface area contributed by atoms with E-state index in [4.69, 9.17) is 4.74 Å². The van der Waals surface area contributed by atoms with Crippen LogP contribution in [-0.2, 0) is 4.74 Å². The van der Waals surface area contributed by atoms with E-state index in [2.05, 4.69) is 27.7 Å². The van der Waals surface area contributed by atoms with Crippen LogP contribution >= 0.6 is 0 Å². The zero-order chi connectivity index (χ0) is 48.3. The van der Waals surface area contributed by atoms with Gasteiger partial charge in [-0.3, -0.25) is 0 Å². The first-order valence-electron chi connectivity index (χ1n) is 32.8. The molecule has 0 aliphatic rings. The molecule has 0 amide bonds. The fraction of sp³-hybridized carbons (Fsp3) is 1.00. The van der Waals surface area contributed by atoms with E-state index in [0.29, 0.717) is 0 Å². The smallest absolute Gasteiger partial charge is 0.0491 e. The van der Waals surface area contributed by atoms with Crippen molar-refractivity contribution in [3.63, 3.8) is 0 Å². The van der Waals surface area contributed by atoms with Crippen LogP contribution in [0.1, 0.15) is 400 Å². The van der Waals surface area contributed by atoms with Crippen LogP contribution in [-0.4, -0.2) is 13.2 Å². The Hall–Kier alpha value is -0.0400. The Morgan fingerprint density at radius 3 is 0.433 bits per heavy atom. The van der Waals surface area contributed by atoms with Crippen LogP contribution in [0.15, 0.2) is 0 Å². The highest BCUT2D eigenvalue weighted by Crippen LogP contribution is 2.20. The van der Waals surface area contributed by atoms with Crippen molar-refractivity contribution in [2.75, 3.05) is 13.2 Å². The molecular formula is C66H134O. The molecule has 1 nitrogen and oxygen atoms in total. The van der Waals surface area contributed by atoms with Crippen molar-refractivity contribution in [3.8, 4) is 0 Å². The number of rotatable bonds is 62. The number of hydrogen-bond acceptors (Lipinski definition) is 1. The van der Waals surface area contributed by atoms with E-state index < -0.39 is 0 Å². The van der Waals surface area contributed by atoms with Gasteiger partial charge in [-0.1, -0.05) is 387 Å². The molecule has 0 radical (unpaired) electrons. The SMILES string of the molecule is CCCCCCCCCCCCCCCCCCCCCCCCCCCCCCC(C)COCC(C)CCCCCCCCCCCCCCCCCCCCCCCCCCCCCC. The average molecular weight is 944 g/mol. The molecule has 67 heavy (non-hydrogen) atoms. The highest BCUT2D eigenvalue weighted by molar-refractivity contribution is 4.59. The lowest BCUT2D eigenvalue weighted by Gasteiger charge is -2.15. The quantitative estimate of drug-likeness (QED) is 0.0552. The molecule has 0 saturated heterocycles. The summed E-state index contributed by atoms with van der Waals surface area (Å²) in [5.74, 6) is 1.45. The summed E-state index contributed by atoms with van der Waals surface area (Å²) >= 11 is 0. The Labute approximate surface area is 428 Å². The Balaban J connectivity index is 3.21. The molecule has 0 fully saturated rings. The normalized spacial score (nSPS) is 12.7. The van der Waals surface area contributed by atoms with Gasteiger partial charge in [0.1, 0.15) is 0 Å². The van der Waals surface area contributed by atoms with E-state index in [9.17, 15) is 0 Å². The molecule has 1 heteroatoms. The van der Waals surface area contributed by atoms with Gasteiger partial charge < -0.3 is 4.74 Å². The molecule has 2 unspecified atom stereocenters. The molecule has 0 spiro atoms. The van der Waals surface area contributed by atoms with Crippen LogP contribution < -0.4 is 0 Å². The van der Waals surface area contributed by atoms with Crippen LogP contribution in [0.5, 0.6) is 0 Å². The predicted molar refractivity (Wildman–Crippen MR) is 308 cm³/mol. The third-order valence-electron chi connectivity index (χ3n) is 15.9. The molecule has 0 N–H and O–H groups in total. The van der Waals surface area contributed by atoms with Crippen molar-refractivity contribution in [3.05, 3.63) is 0 Å². The zero-order valence-corrected chi connectivity index (χ0v) is 48.0. The molecule has 0 aromatic rings. The fourth-order valence-corrected chi connectivity index (χ4v) is 11.0. The van der Waals surface area contributed by atoms with Gasteiger partial charge in [0.25, 0.3) is 0 Å². The van der Waals surface area contributed by atoms with Crippen molar-refractivity contribution in [2.45, 2.75) is 400 Å². The second kappa shape index (κ2) is 62.1. The third-order valence-corrected chi connectivity index (χ3v) is 15.9. The lowest BCUT2D eigenvalue weighted by molar-refractivity contribution is 0.0741. The van der Waals surface area contributed by atoms with Gasteiger partial charge in [0.15, 0.2) is 0 Å². The van der Waals surface area contributed by atoms with Crippen LogP contribution in [0.2, 0.25) is 0 Å². The topological polar surface area (TPSA) is 9.23 Å². The van der Waals surface area contributed by atoms with Gasteiger partial charge in [-0.25, -0.2) is 0 Å². The van der Waals surface area contributed by atoms with E-state index >= 15 is 0 Å². The van der Waals surface area contributed by atoms with Crippen LogP contribution in [0, 0.1) is 11.8 Å². The van der Waals surface area contributed by atoms with Gasteiger partial charge in [0.05, 0.1) is 0 Å². The molecule has 2 atom stereocenters. The molecule has 0 rings (SSSR count). The summed E-state index contributed by atoms with van der Waals surface area (Å²) in [5.41, 5.74) is 0. The number of ether oxygens (including phenoxy) is 1. The Kier molecular flexibility index (Phi) is 62.0. The maximum atomic E-state index is 6.18. The van der Waals surface area contributed by atoms with Crippen LogP contribution in [0.25, 0.3) is 0 Å². The monoisotopic (exact) mass is 943 g/mol. The molecule has 0 bridgehead atoms.